The number of halogens is 1. The fraction of sp³-hybridized carbons (Fsp3) is 0.333. The quantitative estimate of drug-likeness (QED) is 0.716. The molecular formula is C18H20ClN5OS. The number of hydrogen-bond donors (Lipinski definition) is 2. The molecule has 3 aromatic rings. The summed E-state index contributed by atoms with van der Waals surface area (Å²) in [5.41, 5.74) is 7.42. The van der Waals surface area contributed by atoms with Crippen LogP contribution in [0, 0.1) is 0 Å². The van der Waals surface area contributed by atoms with E-state index < -0.39 is 0 Å². The molecule has 0 aliphatic carbocycles. The molecule has 0 fully saturated rings. The zero-order valence-corrected chi connectivity index (χ0v) is 16.0. The highest BCUT2D eigenvalue weighted by atomic mass is 35.5. The van der Waals surface area contributed by atoms with Crippen molar-refractivity contribution in [2.45, 2.75) is 13.0 Å². The summed E-state index contributed by atoms with van der Waals surface area (Å²) in [5, 5.41) is 4.49. The standard InChI is InChI=1S/C18H20ClN5OS/c1-23-8-5-13-14(10-23)26-16-15(13)17(25)24(18(22-16)21-7-6-20)12-4-2-3-11(19)9-12/h2-4,9H,5-8,10,20H2,1H3,(H,21,22). The molecule has 26 heavy (non-hydrogen) atoms. The molecule has 1 aliphatic heterocycles. The first-order chi connectivity index (χ1) is 12.6. The number of anilines is 1. The zero-order valence-electron chi connectivity index (χ0n) is 14.5. The van der Waals surface area contributed by atoms with Crippen LogP contribution in [0.2, 0.25) is 5.02 Å². The number of rotatable bonds is 4. The topological polar surface area (TPSA) is 76.2 Å². The maximum atomic E-state index is 13.4. The van der Waals surface area contributed by atoms with Gasteiger partial charge < -0.3 is 16.0 Å². The summed E-state index contributed by atoms with van der Waals surface area (Å²) in [7, 11) is 2.10. The van der Waals surface area contributed by atoms with Crippen LogP contribution in [0.25, 0.3) is 15.9 Å². The second-order valence-corrected chi connectivity index (χ2v) is 7.96. The van der Waals surface area contributed by atoms with Gasteiger partial charge in [0.25, 0.3) is 5.56 Å². The summed E-state index contributed by atoms with van der Waals surface area (Å²) >= 11 is 7.76. The first-order valence-corrected chi connectivity index (χ1v) is 9.73. The van der Waals surface area contributed by atoms with Crippen LogP contribution in [0.1, 0.15) is 10.4 Å². The molecule has 0 unspecified atom stereocenters. The predicted molar refractivity (Wildman–Crippen MR) is 108 cm³/mol. The van der Waals surface area contributed by atoms with Crippen LogP contribution in [-0.4, -0.2) is 41.1 Å². The number of nitrogens with one attached hydrogen (secondary N) is 1. The van der Waals surface area contributed by atoms with Crippen molar-refractivity contribution < 1.29 is 0 Å². The van der Waals surface area contributed by atoms with Crippen LogP contribution in [0.15, 0.2) is 29.1 Å². The highest BCUT2D eigenvalue weighted by molar-refractivity contribution is 7.18. The predicted octanol–water partition coefficient (Wildman–Crippen LogP) is 2.46. The smallest absolute Gasteiger partial charge is 0.268 e. The Kier molecular flexibility index (Phi) is 4.71. The van der Waals surface area contributed by atoms with E-state index in [4.69, 9.17) is 22.3 Å². The summed E-state index contributed by atoms with van der Waals surface area (Å²) in [5.74, 6) is 0.502. The Bertz CT molecular complexity index is 1030. The maximum absolute atomic E-state index is 13.4. The third kappa shape index (κ3) is 3.01. The molecule has 0 bridgehead atoms. The summed E-state index contributed by atoms with van der Waals surface area (Å²) in [4.78, 5) is 22.5. The minimum Gasteiger partial charge on any atom is -0.354 e. The monoisotopic (exact) mass is 389 g/mol. The van der Waals surface area contributed by atoms with Crippen LogP contribution in [0.3, 0.4) is 0 Å². The zero-order chi connectivity index (χ0) is 18.3. The van der Waals surface area contributed by atoms with Gasteiger partial charge in [-0.2, -0.15) is 0 Å². The molecule has 4 rings (SSSR count). The summed E-state index contributed by atoms with van der Waals surface area (Å²) in [6.45, 7) is 2.79. The molecule has 0 saturated carbocycles. The van der Waals surface area contributed by atoms with Crippen LogP contribution in [0.4, 0.5) is 5.95 Å². The number of nitrogens with zero attached hydrogens (tertiary/aromatic N) is 3. The third-order valence-electron chi connectivity index (χ3n) is 4.56. The Balaban J connectivity index is 1.98. The van der Waals surface area contributed by atoms with Gasteiger partial charge in [-0.3, -0.25) is 4.79 Å². The Hall–Kier alpha value is -1.93. The number of aromatic nitrogens is 2. The van der Waals surface area contributed by atoms with E-state index in [-0.39, 0.29) is 5.56 Å². The van der Waals surface area contributed by atoms with Gasteiger partial charge in [-0.1, -0.05) is 17.7 Å². The van der Waals surface area contributed by atoms with Crippen molar-refractivity contribution in [1.29, 1.82) is 0 Å². The van der Waals surface area contributed by atoms with Crippen molar-refractivity contribution in [1.82, 2.24) is 14.5 Å². The van der Waals surface area contributed by atoms with Gasteiger partial charge in [0, 0.05) is 36.1 Å². The minimum absolute atomic E-state index is 0.0566. The lowest BCUT2D eigenvalue weighted by molar-refractivity contribution is 0.318. The van der Waals surface area contributed by atoms with Gasteiger partial charge in [0.1, 0.15) is 4.83 Å². The summed E-state index contributed by atoms with van der Waals surface area (Å²) in [6.07, 6.45) is 0.869. The fourth-order valence-corrected chi connectivity index (χ4v) is 4.80. The van der Waals surface area contributed by atoms with Crippen molar-refractivity contribution in [3.63, 3.8) is 0 Å². The first kappa shape index (κ1) is 17.5. The van der Waals surface area contributed by atoms with Gasteiger partial charge in [-0.25, -0.2) is 9.55 Å². The number of hydrogen-bond acceptors (Lipinski definition) is 6. The molecule has 2 aromatic heterocycles. The lowest BCUT2D eigenvalue weighted by Crippen LogP contribution is -2.28. The molecule has 0 saturated heterocycles. The SMILES string of the molecule is CN1CCc2c(sc3nc(NCCN)n(-c4cccc(Cl)c4)c(=O)c23)C1. The highest BCUT2D eigenvalue weighted by Crippen LogP contribution is 2.33. The first-order valence-electron chi connectivity index (χ1n) is 8.54. The van der Waals surface area contributed by atoms with Gasteiger partial charge >= 0.3 is 0 Å². The minimum atomic E-state index is -0.0566. The molecule has 1 aromatic carbocycles. The molecule has 1 aliphatic rings. The average Bonchev–Trinajstić information content (AvgIpc) is 2.97. The third-order valence-corrected chi connectivity index (χ3v) is 5.90. The van der Waals surface area contributed by atoms with Gasteiger partial charge in [-0.15, -0.1) is 11.3 Å². The number of thiophene rings is 1. The van der Waals surface area contributed by atoms with Crippen LogP contribution in [0.5, 0.6) is 0 Å². The second-order valence-electron chi connectivity index (χ2n) is 6.44. The van der Waals surface area contributed by atoms with E-state index in [1.807, 2.05) is 12.1 Å². The lowest BCUT2D eigenvalue weighted by atomic mass is 10.1. The van der Waals surface area contributed by atoms with Gasteiger partial charge in [-0.05, 0) is 37.2 Å². The van der Waals surface area contributed by atoms with E-state index in [0.717, 1.165) is 35.3 Å². The Morgan fingerprint density at radius 3 is 3.04 bits per heavy atom. The van der Waals surface area contributed by atoms with E-state index >= 15 is 0 Å². The molecule has 0 spiro atoms. The van der Waals surface area contributed by atoms with Crippen molar-refractivity contribution in [2.75, 3.05) is 32.0 Å². The van der Waals surface area contributed by atoms with Gasteiger partial charge in [0.2, 0.25) is 5.95 Å². The molecular weight excluding hydrogens is 370 g/mol. The normalized spacial score (nSPS) is 14.6. The van der Waals surface area contributed by atoms with E-state index in [1.54, 1.807) is 28.0 Å². The molecule has 6 nitrogen and oxygen atoms in total. The van der Waals surface area contributed by atoms with Crippen molar-refractivity contribution >= 4 is 39.1 Å². The van der Waals surface area contributed by atoms with Crippen LogP contribution >= 0.6 is 22.9 Å². The van der Waals surface area contributed by atoms with E-state index in [1.165, 1.54) is 4.88 Å². The fourth-order valence-electron chi connectivity index (χ4n) is 3.33. The van der Waals surface area contributed by atoms with E-state index in [9.17, 15) is 4.79 Å². The summed E-state index contributed by atoms with van der Waals surface area (Å²) in [6, 6.07) is 7.26. The Morgan fingerprint density at radius 1 is 1.42 bits per heavy atom. The number of benzene rings is 1. The summed E-state index contributed by atoms with van der Waals surface area (Å²) < 4.78 is 1.61. The molecule has 0 radical (unpaired) electrons. The van der Waals surface area contributed by atoms with Gasteiger partial charge in [0.15, 0.2) is 0 Å². The number of fused-ring (bicyclic) bond motifs is 3. The largest absolute Gasteiger partial charge is 0.354 e. The molecule has 3 heterocycles. The Morgan fingerprint density at radius 2 is 2.27 bits per heavy atom. The van der Waals surface area contributed by atoms with Crippen molar-refractivity contribution in [2.24, 2.45) is 5.73 Å². The van der Waals surface area contributed by atoms with E-state index in [0.29, 0.717) is 29.7 Å². The van der Waals surface area contributed by atoms with Crippen molar-refractivity contribution in [3.05, 3.63) is 50.1 Å². The van der Waals surface area contributed by atoms with E-state index in [2.05, 4.69) is 17.3 Å². The molecule has 0 amide bonds. The molecule has 3 N–H and O–H groups in total. The van der Waals surface area contributed by atoms with Crippen LogP contribution in [-0.2, 0) is 13.0 Å². The maximum Gasteiger partial charge on any atom is 0.268 e. The highest BCUT2D eigenvalue weighted by Gasteiger charge is 2.24. The lowest BCUT2D eigenvalue weighted by Gasteiger charge is -2.21. The molecule has 136 valence electrons. The molecule has 8 heteroatoms. The van der Waals surface area contributed by atoms with Gasteiger partial charge in [0.05, 0.1) is 11.1 Å². The van der Waals surface area contributed by atoms with Crippen molar-refractivity contribution in [3.8, 4) is 5.69 Å². The van der Waals surface area contributed by atoms with Crippen LogP contribution < -0.4 is 16.6 Å². The second kappa shape index (κ2) is 7.00. The number of likely N-dealkylation sites (N-methyl/N-ethyl adjacent to an activating group) is 1. The number of nitrogens with two attached hydrogens (primary N) is 1. The Labute approximate surface area is 160 Å². The average molecular weight is 390 g/mol. The molecule has 0 atom stereocenters.